The third-order valence-corrected chi connectivity index (χ3v) is 21.4. The molecule has 0 aromatic rings. The summed E-state index contributed by atoms with van der Waals surface area (Å²) in [6.07, 6.45) is 67.9. The Morgan fingerprint density at radius 2 is 0.451 bits per heavy atom. The predicted octanol–water partition coefficient (Wildman–Crippen LogP) is 25.2. The number of carbonyl (C=O) groups is 4. The third kappa shape index (κ3) is 76.3. The lowest BCUT2D eigenvalue weighted by Gasteiger charge is -2.21. The van der Waals surface area contributed by atoms with Crippen molar-refractivity contribution in [2.75, 3.05) is 39.6 Å². The van der Waals surface area contributed by atoms with E-state index in [0.29, 0.717) is 25.7 Å². The predicted molar refractivity (Wildman–Crippen MR) is 418 cm³/mol. The first-order valence-corrected chi connectivity index (χ1v) is 46.1. The van der Waals surface area contributed by atoms with Gasteiger partial charge < -0.3 is 33.8 Å². The maximum atomic E-state index is 13.1. The Hall–Kier alpha value is -1.94. The van der Waals surface area contributed by atoms with E-state index in [4.69, 9.17) is 37.0 Å². The quantitative estimate of drug-likeness (QED) is 0.0222. The van der Waals surface area contributed by atoms with Gasteiger partial charge in [-0.25, -0.2) is 9.13 Å². The minimum atomic E-state index is -4.96. The second-order valence-corrected chi connectivity index (χ2v) is 33.3. The molecule has 5 atom stereocenters. The van der Waals surface area contributed by atoms with Crippen molar-refractivity contribution in [2.24, 2.45) is 5.92 Å². The highest BCUT2D eigenvalue weighted by molar-refractivity contribution is 7.47. The molecule has 0 spiro atoms. The Kier molecular flexibility index (Phi) is 74.4. The molecule has 0 saturated heterocycles. The smallest absolute Gasteiger partial charge is 0.462 e. The number of aliphatic hydroxyl groups excluding tert-OH is 1. The number of carbonyl (C=O) groups excluding carboxylic acids is 4. The molecule has 2 unspecified atom stereocenters. The maximum absolute atomic E-state index is 13.1. The van der Waals surface area contributed by atoms with Crippen molar-refractivity contribution in [3.8, 4) is 0 Å². The molecular weight excluding hydrogens is 1330 g/mol. The largest absolute Gasteiger partial charge is 0.472 e. The van der Waals surface area contributed by atoms with Crippen LogP contribution in [0.4, 0.5) is 0 Å². The highest BCUT2D eigenvalue weighted by Crippen LogP contribution is 2.45. The number of hydrogen-bond donors (Lipinski definition) is 3. The van der Waals surface area contributed by atoms with E-state index in [9.17, 15) is 43.2 Å². The second-order valence-electron chi connectivity index (χ2n) is 30.3. The van der Waals surface area contributed by atoms with Crippen LogP contribution in [0.3, 0.4) is 0 Å². The van der Waals surface area contributed by atoms with E-state index >= 15 is 0 Å². The Morgan fingerprint density at radius 3 is 0.667 bits per heavy atom. The van der Waals surface area contributed by atoms with Gasteiger partial charge in [0.2, 0.25) is 0 Å². The van der Waals surface area contributed by atoms with Crippen molar-refractivity contribution >= 4 is 39.5 Å². The van der Waals surface area contributed by atoms with E-state index in [1.165, 1.54) is 270 Å². The zero-order valence-electron chi connectivity index (χ0n) is 66.8. The first-order chi connectivity index (χ1) is 49.5. The summed E-state index contributed by atoms with van der Waals surface area (Å²) >= 11 is 0. The zero-order chi connectivity index (χ0) is 74.8. The van der Waals surface area contributed by atoms with Crippen molar-refractivity contribution in [1.82, 2.24) is 0 Å². The normalized spacial score (nSPS) is 13.8. The van der Waals surface area contributed by atoms with Crippen LogP contribution < -0.4 is 0 Å². The number of phosphoric ester groups is 2. The van der Waals surface area contributed by atoms with Crippen LogP contribution in [-0.2, 0) is 65.4 Å². The van der Waals surface area contributed by atoms with Crippen molar-refractivity contribution < 1.29 is 80.2 Å². The van der Waals surface area contributed by atoms with Crippen LogP contribution in [-0.4, -0.2) is 96.7 Å². The molecule has 0 amide bonds. The van der Waals surface area contributed by atoms with Gasteiger partial charge in [0.25, 0.3) is 0 Å². The van der Waals surface area contributed by atoms with E-state index in [0.717, 1.165) is 95.8 Å². The van der Waals surface area contributed by atoms with Gasteiger partial charge in [0.05, 0.1) is 26.4 Å². The molecule has 0 aromatic heterocycles. The zero-order valence-corrected chi connectivity index (χ0v) is 68.5. The van der Waals surface area contributed by atoms with Crippen LogP contribution in [0.25, 0.3) is 0 Å². The molecule has 0 heterocycles. The minimum Gasteiger partial charge on any atom is -0.462 e. The lowest BCUT2D eigenvalue weighted by molar-refractivity contribution is -0.161. The van der Waals surface area contributed by atoms with Crippen molar-refractivity contribution in [2.45, 2.75) is 464 Å². The van der Waals surface area contributed by atoms with Gasteiger partial charge in [-0.15, -0.1) is 0 Å². The fourth-order valence-corrected chi connectivity index (χ4v) is 14.5. The fraction of sp³-hybridized carbons (Fsp3) is 0.952. The Balaban J connectivity index is 5.24. The lowest BCUT2D eigenvalue weighted by Crippen LogP contribution is -2.30. The second kappa shape index (κ2) is 75.9. The summed E-state index contributed by atoms with van der Waals surface area (Å²) in [7, 11) is -9.92. The molecule has 0 saturated carbocycles. The SMILES string of the molecule is CCCCCCCCCCCCCCCCCCCCCC(=O)O[C@H](COC(=O)CCCCCCCCCCCCCCCCCC(C)C)COP(=O)(O)OC[C@@H](O)COP(=O)(O)OC[C@@H](COC(=O)CCCCCCCCCCCCC)OC(=O)CCCCCCCCCCCCCCCC. The molecule has 606 valence electrons. The van der Waals surface area contributed by atoms with Crippen LogP contribution in [0.1, 0.15) is 446 Å². The third-order valence-electron chi connectivity index (χ3n) is 19.5. The molecule has 0 rings (SSSR count). The average molecular weight is 1490 g/mol. The van der Waals surface area contributed by atoms with Gasteiger partial charge in [0, 0.05) is 25.7 Å². The van der Waals surface area contributed by atoms with E-state index in [-0.39, 0.29) is 25.7 Å². The van der Waals surface area contributed by atoms with Crippen LogP contribution in [0.5, 0.6) is 0 Å². The van der Waals surface area contributed by atoms with E-state index in [2.05, 4.69) is 34.6 Å². The molecule has 102 heavy (non-hydrogen) atoms. The van der Waals surface area contributed by atoms with Crippen LogP contribution in [0, 0.1) is 5.92 Å². The van der Waals surface area contributed by atoms with Gasteiger partial charge in [0.1, 0.15) is 19.3 Å². The Labute approximate surface area is 626 Å². The summed E-state index contributed by atoms with van der Waals surface area (Å²) in [5.74, 6) is -1.29. The first kappa shape index (κ1) is 100. The molecule has 0 aromatic carbocycles. The van der Waals surface area contributed by atoms with E-state index in [1.54, 1.807) is 0 Å². The van der Waals surface area contributed by atoms with E-state index in [1.807, 2.05) is 0 Å². The summed E-state index contributed by atoms with van der Waals surface area (Å²) in [5, 5.41) is 10.7. The number of esters is 4. The van der Waals surface area contributed by atoms with Gasteiger partial charge >= 0.3 is 39.5 Å². The molecule has 0 aliphatic carbocycles. The van der Waals surface area contributed by atoms with Crippen LogP contribution in [0.15, 0.2) is 0 Å². The van der Waals surface area contributed by atoms with Gasteiger partial charge in [-0.2, -0.15) is 0 Å². The van der Waals surface area contributed by atoms with Crippen LogP contribution >= 0.6 is 15.6 Å². The number of phosphoric acid groups is 2. The molecule has 3 N–H and O–H groups in total. The molecule has 0 bridgehead atoms. The molecule has 0 aliphatic heterocycles. The summed E-state index contributed by atoms with van der Waals surface area (Å²) in [6, 6.07) is 0. The average Bonchev–Trinajstić information content (AvgIpc) is 0.908. The summed E-state index contributed by atoms with van der Waals surface area (Å²) in [4.78, 5) is 73.1. The van der Waals surface area contributed by atoms with Gasteiger partial charge in [0.15, 0.2) is 12.2 Å². The number of rotatable bonds is 83. The number of hydrogen-bond acceptors (Lipinski definition) is 15. The van der Waals surface area contributed by atoms with Gasteiger partial charge in [-0.1, -0.05) is 394 Å². The highest BCUT2D eigenvalue weighted by Gasteiger charge is 2.30. The topological polar surface area (TPSA) is 237 Å². The van der Waals surface area contributed by atoms with Crippen molar-refractivity contribution in [1.29, 1.82) is 0 Å². The summed E-state index contributed by atoms with van der Waals surface area (Å²) in [5.41, 5.74) is 0. The lowest BCUT2D eigenvalue weighted by atomic mass is 10.0. The number of unbranched alkanes of at least 4 members (excludes halogenated alkanes) is 55. The van der Waals surface area contributed by atoms with Crippen molar-refractivity contribution in [3.05, 3.63) is 0 Å². The molecule has 19 heteroatoms. The summed E-state index contributed by atoms with van der Waals surface area (Å²) < 4.78 is 68.8. The molecule has 17 nitrogen and oxygen atoms in total. The highest BCUT2D eigenvalue weighted by atomic mass is 31.2. The van der Waals surface area contributed by atoms with E-state index < -0.39 is 97.5 Å². The Bertz CT molecular complexity index is 1940. The molecule has 0 fully saturated rings. The number of ether oxygens (including phenoxy) is 4. The molecule has 0 radical (unpaired) electrons. The molecule has 0 aliphatic rings. The summed E-state index contributed by atoms with van der Waals surface area (Å²) in [6.45, 7) is 7.38. The monoisotopic (exact) mass is 1490 g/mol. The number of aliphatic hydroxyl groups is 1. The minimum absolute atomic E-state index is 0.109. The fourth-order valence-electron chi connectivity index (χ4n) is 12.9. The molecular formula is C83H162O17P2. The van der Waals surface area contributed by atoms with Gasteiger partial charge in [-0.3, -0.25) is 37.3 Å². The van der Waals surface area contributed by atoms with Crippen molar-refractivity contribution in [3.63, 3.8) is 0 Å². The standard InChI is InChI=1S/C83H162O17P2/c1-6-9-12-15-18-21-24-26-28-29-30-31-34-39-44-49-54-59-64-69-83(88)100-79(73-94-81(86)67-62-57-52-47-42-38-35-32-33-36-41-45-50-55-60-65-76(4)5)75-98-102(91,92)96-71-77(84)70-95-101(89,90)97-74-78(72-93-80(85)66-61-56-51-46-40-23-20-17-14-11-8-3)99-82(87)68-63-58-53-48-43-37-27-25-22-19-16-13-10-7-2/h76-79,84H,6-75H2,1-5H3,(H,89,90)(H,91,92)/t77-,78+,79+/m0/s1. The first-order valence-electron chi connectivity index (χ1n) is 43.1. The van der Waals surface area contributed by atoms with Crippen LogP contribution in [0.2, 0.25) is 0 Å². The maximum Gasteiger partial charge on any atom is 0.472 e. The Morgan fingerprint density at radius 1 is 0.265 bits per heavy atom. The van der Waals surface area contributed by atoms with Gasteiger partial charge in [-0.05, 0) is 31.6 Å².